The topological polar surface area (TPSA) is 35.9 Å². The molecule has 1 aromatic rings. The number of piperidine rings is 1. The molecule has 3 aliphatic rings. The number of likely N-dealkylation sites (tertiary alicyclic amines) is 2. The molecule has 4 heterocycles. The smallest absolute Gasteiger partial charge is 0.0801 e. The van der Waals surface area contributed by atoms with E-state index in [-0.39, 0.29) is 11.7 Å². The number of hydrogen-bond donors (Lipinski definition) is 1. The molecule has 1 atom stereocenters. The lowest BCUT2D eigenvalue weighted by Gasteiger charge is -2.38. The van der Waals surface area contributed by atoms with Crippen molar-refractivity contribution in [3.05, 3.63) is 21.9 Å². The van der Waals surface area contributed by atoms with Crippen molar-refractivity contribution in [2.75, 3.05) is 32.8 Å². The summed E-state index contributed by atoms with van der Waals surface area (Å²) in [5, 5.41) is 9.73. The Hall–Kier alpha value is -0.460. The van der Waals surface area contributed by atoms with E-state index >= 15 is 0 Å². The van der Waals surface area contributed by atoms with Crippen LogP contribution in [0.3, 0.4) is 0 Å². The largest absolute Gasteiger partial charge is 0.391 e. The van der Waals surface area contributed by atoms with Crippen LogP contribution < -0.4 is 0 Å². The first-order valence-electron chi connectivity index (χ1n) is 9.05. The summed E-state index contributed by atoms with van der Waals surface area (Å²) in [6, 6.07) is 4.64. The van der Waals surface area contributed by atoms with E-state index in [4.69, 9.17) is 4.74 Å². The Morgan fingerprint density at radius 2 is 1.65 bits per heavy atom. The second kappa shape index (κ2) is 6.81. The van der Waals surface area contributed by atoms with Crippen molar-refractivity contribution in [1.82, 2.24) is 9.80 Å². The average Bonchev–Trinajstić information content (AvgIpc) is 3.26. The van der Waals surface area contributed by atoms with E-state index in [0.29, 0.717) is 6.61 Å². The van der Waals surface area contributed by atoms with Gasteiger partial charge in [-0.2, -0.15) is 0 Å². The maximum atomic E-state index is 9.73. The molecule has 0 aromatic carbocycles. The van der Waals surface area contributed by atoms with Gasteiger partial charge >= 0.3 is 0 Å². The molecule has 0 aliphatic carbocycles. The van der Waals surface area contributed by atoms with E-state index in [9.17, 15) is 5.11 Å². The van der Waals surface area contributed by atoms with Gasteiger partial charge in [-0.15, -0.1) is 11.3 Å². The van der Waals surface area contributed by atoms with Gasteiger partial charge in [-0.1, -0.05) is 0 Å². The van der Waals surface area contributed by atoms with Crippen LogP contribution in [0.2, 0.25) is 0 Å². The van der Waals surface area contributed by atoms with Crippen LogP contribution in [0.1, 0.15) is 41.9 Å². The highest BCUT2D eigenvalue weighted by Crippen LogP contribution is 2.36. The van der Waals surface area contributed by atoms with Gasteiger partial charge in [-0.05, 0) is 50.9 Å². The highest BCUT2D eigenvalue weighted by atomic mass is 32.1. The van der Waals surface area contributed by atoms with Crippen LogP contribution in [0.4, 0.5) is 0 Å². The van der Waals surface area contributed by atoms with Crippen molar-refractivity contribution in [3.63, 3.8) is 0 Å². The summed E-state index contributed by atoms with van der Waals surface area (Å²) in [4.78, 5) is 8.12. The van der Waals surface area contributed by atoms with Crippen LogP contribution in [0.5, 0.6) is 0 Å². The van der Waals surface area contributed by atoms with Gasteiger partial charge in [0, 0.05) is 42.4 Å². The fourth-order valence-electron chi connectivity index (χ4n) is 4.26. The number of aliphatic hydroxyl groups excluding tert-OH is 1. The molecule has 3 saturated heterocycles. The molecule has 3 aliphatic heterocycles. The minimum atomic E-state index is -0.244. The second-order valence-corrected chi connectivity index (χ2v) is 8.73. The maximum absolute atomic E-state index is 9.73. The van der Waals surface area contributed by atoms with Gasteiger partial charge in [-0.3, -0.25) is 9.80 Å². The van der Waals surface area contributed by atoms with Crippen molar-refractivity contribution >= 4 is 11.3 Å². The third-order valence-electron chi connectivity index (χ3n) is 5.63. The summed E-state index contributed by atoms with van der Waals surface area (Å²) >= 11 is 1.98. The van der Waals surface area contributed by atoms with Crippen molar-refractivity contribution in [2.24, 2.45) is 0 Å². The molecule has 0 amide bonds. The monoisotopic (exact) mass is 336 g/mol. The molecular weight excluding hydrogens is 308 g/mol. The molecular formula is C18H28N2O2S. The predicted octanol–water partition coefficient (Wildman–Crippen LogP) is 2.46. The normalized spacial score (nSPS) is 28.8. The Morgan fingerprint density at radius 3 is 2.22 bits per heavy atom. The zero-order valence-corrected chi connectivity index (χ0v) is 14.7. The van der Waals surface area contributed by atoms with Crippen molar-refractivity contribution in [3.8, 4) is 0 Å². The van der Waals surface area contributed by atoms with Crippen LogP contribution in [0, 0.1) is 0 Å². The number of hydrogen-bond acceptors (Lipinski definition) is 5. The lowest BCUT2D eigenvalue weighted by Crippen LogP contribution is -2.43. The van der Waals surface area contributed by atoms with Gasteiger partial charge in [0.25, 0.3) is 0 Å². The molecule has 4 rings (SSSR count). The molecule has 4 nitrogen and oxygen atoms in total. The molecule has 23 heavy (non-hydrogen) atoms. The SMILES string of the molecule is O[C@@H]1COC2(CCN(Cc3ccc(CN4CCCC4)s3)CC2)C1. The van der Waals surface area contributed by atoms with Gasteiger partial charge in [0.05, 0.1) is 18.3 Å². The Balaban J connectivity index is 1.27. The van der Waals surface area contributed by atoms with Crippen LogP contribution in [-0.4, -0.2) is 59.4 Å². The summed E-state index contributed by atoms with van der Waals surface area (Å²) in [6.07, 6.45) is 5.45. The minimum absolute atomic E-state index is 0.0215. The van der Waals surface area contributed by atoms with Gasteiger partial charge < -0.3 is 9.84 Å². The number of ether oxygens (including phenoxy) is 1. The maximum Gasteiger partial charge on any atom is 0.0801 e. The van der Waals surface area contributed by atoms with Crippen LogP contribution in [-0.2, 0) is 17.8 Å². The van der Waals surface area contributed by atoms with E-state index in [1.807, 2.05) is 11.3 Å². The summed E-state index contributed by atoms with van der Waals surface area (Å²) in [5.74, 6) is 0. The first-order valence-corrected chi connectivity index (χ1v) is 9.87. The molecule has 0 bridgehead atoms. The standard InChI is InChI=1S/C18H28N2O2S/c21-15-11-18(22-14-15)5-9-20(10-6-18)13-17-4-3-16(23-17)12-19-7-1-2-8-19/h3-4,15,21H,1-2,5-14H2/t15-/m0/s1. The van der Waals surface area contributed by atoms with Crippen molar-refractivity contribution in [1.29, 1.82) is 0 Å². The second-order valence-electron chi connectivity index (χ2n) is 7.48. The Morgan fingerprint density at radius 1 is 1.04 bits per heavy atom. The Bertz CT molecular complexity index is 519. The van der Waals surface area contributed by atoms with Gasteiger partial charge in [0.2, 0.25) is 0 Å². The molecule has 128 valence electrons. The fourth-order valence-corrected chi connectivity index (χ4v) is 5.36. The van der Waals surface area contributed by atoms with Crippen LogP contribution in [0.15, 0.2) is 12.1 Å². The lowest BCUT2D eigenvalue weighted by molar-refractivity contribution is -0.0455. The van der Waals surface area contributed by atoms with Gasteiger partial charge in [0.15, 0.2) is 0 Å². The number of rotatable bonds is 4. The average molecular weight is 337 g/mol. The van der Waals surface area contributed by atoms with Crippen LogP contribution >= 0.6 is 11.3 Å². The first kappa shape index (κ1) is 16.0. The van der Waals surface area contributed by atoms with E-state index in [1.54, 1.807) is 0 Å². The summed E-state index contributed by atoms with van der Waals surface area (Å²) in [6.45, 7) is 7.46. The van der Waals surface area contributed by atoms with E-state index < -0.39 is 0 Å². The molecule has 3 fully saturated rings. The molecule has 1 N–H and O–H groups in total. The summed E-state index contributed by atoms with van der Waals surface area (Å²) in [7, 11) is 0. The predicted molar refractivity (Wildman–Crippen MR) is 92.6 cm³/mol. The summed E-state index contributed by atoms with van der Waals surface area (Å²) in [5.41, 5.74) is -0.0215. The van der Waals surface area contributed by atoms with Crippen molar-refractivity contribution < 1.29 is 9.84 Å². The molecule has 1 spiro atoms. The number of nitrogens with zero attached hydrogens (tertiary/aromatic N) is 2. The van der Waals surface area contributed by atoms with E-state index in [2.05, 4.69) is 21.9 Å². The zero-order valence-electron chi connectivity index (χ0n) is 13.9. The van der Waals surface area contributed by atoms with Gasteiger partial charge in [-0.25, -0.2) is 0 Å². The highest BCUT2D eigenvalue weighted by Gasteiger charge is 2.42. The molecule has 5 heteroatoms. The quantitative estimate of drug-likeness (QED) is 0.916. The Kier molecular flexibility index (Phi) is 4.74. The van der Waals surface area contributed by atoms with Crippen LogP contribution in [0.25, 0.3) is 0 Å². The number of thiophene rings is 1. The zero-order chi connectivity index (χ0) is 15.7. The molecule has 0 radical (unpaired) electrons. The molecule has 1 aromatic heterocycles. The van der Waals surface area contributed by atoms with Crippen molar-refractivity contribution in [2.45, 2.75) is 56.9 Å². The van der Waals surface area contributed by atoms with Gasteiger partial charge in [0.1, 0.15) is 0 Å². The number of aliphatic hydroxyl groups is 1. The molecule has 0 saturated carbocycles. The third kappa shape index (κ3) is 3.80. The molecule has 0 unspecified atom stereocenters. The third-order valence-corrected chi connectivity index (χ3v) is 6.69. The fraction of sp³-hybridized carbons (Fsp3) is 0.778. The van der Waals surface area contributed by atoms with E-state index in [1.165, 1.54) is 35.7 Å². The highest BCUT2D eigenvalue weighted by molar-refractivity contribution is 7.11. The summed E-state index contributed by atoms with van der Waals surface area (Å²) < 4.78 is 5.89. The Labute approximate surface area is 143 Å². The first-order chi connectivity index (χ1) is 11.2. The van der Waals surface area contributed by atoms with E-state index in [0.717, 1.165) is 45.4 Å². The lowest BCUT2D eigenvalue weighted by atomic mass is 9.88. The minimum Gasteiger partial charge on any atom is -0.391 e.